The number of rotatable bonds is 5. The molecule has 0 aromatic rings. The number of hydrogen-bond acceptors (Lipinski definition) is 4. The first kappa shape index (κ1) is 15.4. The van der Waals surface area contributed by atoms with Crippen LogP contribution in [0.25, 0.3) is 0 Å². The molecule has 0 rings (SSSR count). The average molecular weight is 250 g/mol. The summed E-state index contributed by atoms with van der Waals surface area (Å²) in [4.78, 5) is 11.5. The highest BCUT2D eigenvalue weighted by Gasteiger charge is 2.26. The van der Waals surface area contributed by atoms with Crippen molar-refractivity contribution >= 4 is 15.7 Å². The van der Waals surface area contributed by atoms with E-state index >= 15 is 0 Å². The van der Waals surface area contributed by atoms with E-state index in [9.17, 15) is 13.2 Å². The van der Waals surface area contributed by atoms with Crippen molar-refractivity contribution in [1.82, 2.24) is 5.32 Å². The molecule has 6 heteroatoms. The molecule has 0 unspecified atom stereocenters. The number of nitrogens with two attached hydrogens (primary N) is 1. The minimum absolute atomic E-state index is 0.0814. The molecule has 0 saturated heterocycles. The highest BCUT2D eigenvalue weighted by Crippen LogP contribution is 2.16. The molecule has 96 valence electrons. The second kappa shape index (κ2) is 5.63. The zero-order chi connectivity index (χ0) is 13.0. The fourth-order valence-electron chi connectivity index (χ4n) is 1.05. The van der Waals surface area contributed by atoms with E-state index in [0.717, 1.165) is 0 Å². The molecule has 0 aliphatic carbocycles. The number of nitrogens with one attached hydrogen (secondary N) is 1. The average Bonchev–Trinajstić information content (AvgIpc) is 2.07. The molecule has 3 N–H and O–H groups in total. The number of carbonyl (C=O) groups is 1. The molecule has 0 radical (unpaired) electrons. The summed E-state index contributed by atoms with van der Waals surface area (Å²) >= 11 is 0. The SMILES string of the molecule is CC(C)(C)[C@H](N)C(=O)NCCCS(C)(=O)=O. The lowest BCUT2D eigenvalue weighted by Crippen LogP contribution is -2.48. The van der Waals surface area contributed by atoms with Crippen LogP contribution in [0.3, 0.4) is 0 Å². The van der Waals surface area contributed by atoms with Crippen LogP contribution in [0.1, 0.15) is 27.2 Å². The van der Waals surface area contributed by atoms with E-state index in [1.807, 2.05) is 20.8 Å². The Labute approximate surface area is 97.7 Å². The Morgan fingerprint density at radius 1 is 1.38 bits per heavy atom. The van der Waals surface area contributed by atoms with Gasteiger partial charge in [-0.15, -0.1) is 0 Å². The molecule has 0 spiro atoms. The zero-order valence-electron chi connectivity index (χ0n) is 10.4. The molecule has 0 aromatic heterocycles. The standard InChI is InChI=1S/C10H22N2O3S/c1-10(2,3)8(11)9(13)12-6-5-7-16(4,14)15/h8H,5-7,11H2,1-4H3,(H,12,13)/t8-/m1/s1. The van der Waals surface area contributed by atoms with Crippen molar-refractivity contribution in [3.05, 3.63) is 0 Å². The van der Waals surface area contributed by atoms with Crippen LogP contribution in [0.4, 0.5) is 0 Å². The van der Waals surface area contributed by atoms with E-state index in [2.05, 4.69) is 5.32 Å². The van der Waals surface area contributed by atoms with Crippen molar-refractivity contribution in [1.29, 1.82) is 0 Å². The first-order valence-electron chi connectivity index (χ1n) is 5.25. The monoisotopic (exact) mass is 250 g/mol. The van der Waals surface area contributed by atoms with Gasteiger partial charge >= 0.3 is 0 Å². The smallest absolute Gasteiger partial charge is 0.237 e. The molecule has 0 aromatic carbocycles. The Balaban J connectivity index is 3.92. The summed E-state index contributed by atoms with van der Waals surface area (Å²) < 4.78 is 21.7. The lowest BCUT2D eigenvalue weighted by molar-refractivity contribution is -0.124. The van der Waals surface area contributed by atoms with Gasteiger partial charge in [-0.05, 0) is 11.8 Å². The van der Waals surface area contributed by atoms with Gasteiger partial charge in [0.1, 0.15) is 9.84 Å². The van der Waals surface area contributed by atoms with E-state index in [0.29, 0.717) is 13.0 Å². The number of sulfone groups is 1. The van der Waals surface area contributed by atoms with Crippen LogP contribution in [0.5, 0.6) is 0 Å². The summed E-state index contributed by atoms with van der Waals surface area (Å²) in [6.07, 6.45) is 1.59. The Bertz CT molecular complexity index is 330. The van der Waals surface area contributed by atoms with Crippen molar-refractivity contribution in [2.45, 2.75) is 33.2 Å². The molecule has 16 heavy (non-hydrogen) atoms. The normalized spacial score (nSPS) is 14.6. The highest BCUT2D eigenvalue weighted by molar-refractivity contribution is 7.90. The van der Waals surface area contributed by atoms with Gasteiger partial charge in [0.05, 0.1) is 11.8 Å². The van der Waals surface area contributed by atoms with E-state index in [4.69, 9.17) is 5.73 Å². The van der Waals surface area contributed by atoms with Crippen molar-refractivity contribution in [3.63, 3.8) is 0 Å². The van der Waals surface area contributed by atoms with Crippen LogP contribution in [0.2, 0.25) is 0 Å². The van der Waals surface area contributed by atoms with Gasteiger partial charge in [0.25, 0.3) is 0 Å². The first-order chi connectivity index (χ1) is 7.04. The summed E-state index contributed by atoms with van der Waals surface area (Å²) in [5.41, 5.74) is 5.44. The first-order valence-corrected chi connectivity index (χ1v) is 7.31. The largest absolute Gasteiger partial charge is 0.355 e. The molecule has 1 atom stereocenters. The van der Waals surface area contributed by atoms with Crippen LogP contribution in [0.15, 0.2) is 0 Å². The molecular weight excluding hydrogens is 228 g/mol. The quantitative estimate of drug-likeness (QED) is 0.667. The number of carbonyl (C=O) groups excluding carboxylic acids is 1. The Morgan fingerprint density at radius 3 is 2.25 bits per heavy atom. The lowest BCUT2D eigenvalue weighted by atomic mass is 9.87. The highest BCUT2D eigenvalue weighted by atomic mass is 32.2. The molecule has 0 fully saturated rings. The third-order valence-corrected chi connectivity index (χ3v) is 3.24. The topological polar surface area (TPSA) is 89.3 Å². The van der Waals surface area contributed by atoms with Crippen molar-refractivity contribution in [2.24, 2.45) is 11.1 Å². The lowest BCUT2D eigenvalue weighted by Gasteiger charge is -2.25. The number of hydrogen-bond donors (Lipinski definition) is 2. The van der Waals surface area contributed by atoms with E-state index in [1.54, 1.807) is 0 Å². The minimum atomic E-state index is -2.95. The van der Waals surface area contributed by atoms with Crippen molar-refractivity contribution in [2.75, 3.05) is 18.6 Å². The summed E-state index contributed by atoms with van der Waals surface area (Å²) in [5.74, 6) is -0.154. The second-order valence-corrected chi connectivity index (χ2v) is 7.38. The van der Waals surface area contributed by atoms with E-state index in [-0.39, 0.29) is 17.1 Å². The Kier molecular flexibility index (Phi) is 5.41. The van der Waals surface area contributed by atoms with Crippen LogP contribution >= 0.6 is 0 Å². The molecule has 1 amide bonds. The maximum absolute atomic E-state index is 11.5. The Morgan fingerprint density at radius 2 is 1.88 bits per heavy atom. The van der Waals surface area contributed by atoms with Crippen LogP contribution in [0, 0.1) is 5.41 Å². The Hall–Kier alpha value is -0.620. The number of amides is 1. The van der Waals surface area contributed by atoms with Gasteiger partial charge in [0.2, 0.25) is 5.91 Å². The predicted molar refractivity (Wildman–Crippen MR) is 64.8 cm³/mol. The van der Waals surface area contributed by atoms with Crippen LogP contribution < -0.4 is 11.1 Å². The van der Waals surface area contributed by atoms with Gasteiger partial charge in [-0.2, -0.15) is 0 Å². The molecule has 0 aliphatic rings. The second-order valence-electron chi connectivity index (χ2n) is 5.12. The molecular formula is C10H22N2O3S. The predicted octanol–water partition coefficient (Wildman–Crippen LogP) is -0.0893. The third kappa shape index (κ3) is 6.79. The van der Waals surface area contributed by atoms with E-state index < -0.39 is 15.9 Å². The summed E-state index contributed by atoms with van der Waals surface area (Å²) in [6, 6.07) is -0.578. The molecule has 5 nitrogen and oxygen atoms in total. The fourth-order valence-corrected chi connectivity index (χ4v) is 1.72. The summed E-state index contributed by atoms with van der Waals surface area (Å²) in [7, 11) is -2.95. The van der Waals surface area contributed by atoms with Crippen molar-refractivity contribution in [3.8, 4) is 0 Å². The van der Waals surface area contributed by atoms with Crippen LogP contribution in [-0.4, -0.2) is 38.9 Å². The van der Waals surface area contributed by atoms with Gasteiger partial charge in [-0.3, -0.25) is 4.79 Å². The molecule has 0 bridgehead atoms. The molecule has 0 aliphatic heterocycles. The van der Waals surface area contributed by atoms with Crippen LogP contribution in [-0.2, 0) is 14.6 Å². The van der Waals surface area contributed by atoms with E-state index in [1.165, 1.54) is 6.26 Å². The van der Waals surface area contributed by atoms with Gasteiger partial charge in [-0.25, -0.2) is 8.42 Å². The van der Waals surface area contributed by atoms with Gasteiger partial charge in [0.15, 0.2) is 0 Å². The fraction of sp³-hybridized carbons (Fsp3) is 0.900. The zero-order valence-corrected chi connectivity index (χ0v) is 11.2. The maximum Gasteiger partial charge on any atom is 0.237 e. The minimum Gasteiger partial charge on any atom is -0.355 e. The maximum atomic E-state index is 11.5. The summed E-state index contributed by atoms with van der Waals surface area (Å²) in [6.45, 7) is 5.99. The third-order valence-electron chi connectivity index (χ3n) is 2.21. The van der Waals surface area contributed by atoms with Gasteiger partial charge in [-0.1, -0.05) is 20.8 Å². The van der Waals surface area contributed by atoms with Gasteiger partial charge in [0, 0.05) is 12.8 Å². The molecule has 0 heterocycles. The summed E-state index contributed by atoms with van der Waals surface area (Å²) in [5, 5.41) is 2.63. The van der Waals surface area contributed by atoms with Gasteiger partial charge < -0.3 is 11.1 Å². The van der Waals surface area contributed by atoms with Crippen molar-refractivity contribution < 1.29 is 13.2 Å². The molecule has 0 saturated carbocycles.